The minimum Gasteiger partial charge on any atom is -0.493 e. The van der Waals surface area contributed by atoms with E-state index >= 15 is 0 Å². The lowest BCUT2D eigenvalue weighted by atomic mass is 9.95. The first-order valence-corrected chi connectivity index (χ1v) is 9.29. The van der Waals surface area contributed by atoms with Gasteiger partial charge in [0.15, 0.2) is 0 Å². The van der Waals surface area contributed by atoms with E-state index < -0.39 is 0 Å². The summed E-state index contributed by atoms with van der Waals surface area (Å²) in [7, 11) is 0. The standard InChI is InChI=1S/C22H21NO4/c24-19-11-23-13-22(19)17(21(22)15-4-2-1-3-5-15)12-26-16-8-6-14-7-9-20(25)27-18(14)10-16/h1-10,17,19,21,23-24H,11-13H2/t17-,19+,21-,22-/m1/s1. The van der Waals surface area contributed by atoms with Crippen LogP contribution in [0.25, 0.3) is 11.0 Å². The number of ether oxygens (including phenoxy) is 1. The molecule has 1 spiro atoms. The molecule has 0 amide bonds. The number of aliphatic hydroxyl groups is 1. The lowest BCUT2D eigenvalue weighted by Crippen LogP contribution is -2.24. The Bertz CT molecular complexity index is 1030. The summed E-state index contributed by atoms with van der Waals surface area (Å²) in [6, 6.07) is 19.0. The molecule has 0 unspecified atom stereocenters. The Morgan fingerprint density at radius 2 is 1.96 bits per heavy atom. The number of β-amino-alcohol motifs (C(OH)–C–C–N with tert-alkyl or cyclic N) is 1. The number of fused-ring (bicyclic) bond motifs is 1. The van der Waals surface area contributed by atoms with Crippen LogP contribution in [0.3, 0.4) is 0 Å². The van der Waals surface area contributed by atoms with Crippen LogP contribution >= 0.6 is 0 Å². The van der Waals surface area contributed by atoms with Crippen molar-refractivity contribution in [1.82, 2.24) is 5.32 Å². The SMILES string of the molecule is O=c1ccc2ccc(OC[C@@H]3[C@@H](c4ccccc4)[C@]34CNC[C@@H]4O)cc2o1. The summed E-state index contributed by atoms with van der Waals surface area (Å²) in [6.07, 6.45) is -0.370. The molecule has 3 aromatic rings. The van der Waals surface area contributed by atoms with E-state index in [1.807, 2.05) is 30.3 Å². The van der Waals surface area contributed by atoms with Gasteiger partial charge in [0.05, 0.1) is 12.7 Å². The molecule has 2 aromatic carbocycles. The van der Waals surface area contributed by atoms with Crippen LogP contribution in [-0.2, 0) is 0 Å². The second-order valence-corrected chi connectivity index (χ2v) is 7.52. The van der Waals surface area contributed by atoms with Gasteiger partial charge in [0.1, 0.15) is 11.3 Å². The van der Waals surface area contributed by atoms with Crippen LogP contribution in [0.15, 0.2) is 69.9 Å². The van der Waals surface area contributed by atoms with Gasteiger partial charge in [0.25, 0.3) is 0 Å². The smallest absolute Gasteiger partial charge is 0.336 e. The van der Waals surface area contributed by atoms with Crippen molar-refractivity contribution < 1.29 is 14.3 Å². The predicted octanol–water partition coefficient (Wildman–Crippen LogP) is 2.54. The van der Waals surface area contributed by atoms with Gasteiger partial charge in [0.2, 0.25) is 0 Å². The Morgan fingerprint density at radius 3 is 2.74 bits per heavy atom. The number of benzene rings is 2. The fraction of sp³-hybridized carbons (Fsp3) is 0.318. The maximum atomic E-state index is 11.4. The Hall–Kier alpha value is -2.63. The van der Waals surface area contributed by atoms with Gasteiger partial charge in [-0.2, -0.15) is 0 Å². The average molecular weight is 363 g/mol. The molecule has 1 saturated carbocycles. The first-order valence-electron chi connectivity index (χ1n) is 9.29. The van der Waals surface area contributed by atoms with Crippen molar-refractivity contribution in [3.8, 4) is 5.75 Å². The average Bonchev–Trinajstić information content (AvgIpc) is 3.19. The van der Waals surface area contributed by atoms with Crippen LogP contribution in [0, 0.1) is 11.3 Å². The minimum absolute atomic E-state index is 0.162. The Balaban J connectivity index is 1.39. The van der Waals surface area contributed by atoms with E-state index in [-0.39, 0.29) is 29.0 Å². The highest BCUT2D eigenvalue weighted by molar-refractivity contribution is 5.77. The quantitative estimate of drug-likeness (QED) is 0.697. The molecule has 1 aliphatic carbocycles. The van der Waals surface area contributed by atoms with Gasteiger partial charge < -0.3 is 19.6 Å². The largest absolute Gasteiger partial charge is 0.493 e. The Kier molecular flexibility index (Phi) is 3.81. The summed E-state index contributed by atoms with van der Waals surface area (Å²) in [4.78, 5) is 11.4. The van der Waals surface area contributed by atoms with Crippen LogP contribution in [0.4, 0.5) is 0 Å². The number of hydrogen-bond acceptors (Lipinski definition) is 5. The summed E-state index contributed by atoms with van der Waals surface area (Å²) in [5, 5.41) is 14.8. The summed E-state index contributed by atoms with van der Waals surface area (Å²) in [5.74, 6) is 1.19. The number of hydrogen-bond donors (Lipinski definition) is 2. The molecule has 5 heteroatoms. The van der Waals surface area contributed by atoms with E-state index in [2.05, 4.69) is 17.4 Å². The molecule has 4 atom stereocenters. The summed E-state index contributed by atoms with van der Waals surface area (Å²) < 4.78 is 11.3. The predicted molar refractivity (Wildman–Crippen MR) is 102 cm³/mol. The first-order chi connectivity index (χ1) is 13.2. The highest BCUT2D eigenvalue weighted by atomic mass is 16.5. The summed E-state index contributed by atoms with van der Waals surface area (Å²) in [6.45, 7) is 1.94. The van der Waals surface area contributed by atoms with E-state index in [9.17, 15) is 9.90 Å². The van der Waals surface area contributed by atoms with E-state index in [1.165, 1.54) is 11.6 Å². The molecule has 0 radical (unpaired) electrons. The number of rotatable bonds is 4. The third-order valence-corrected chi connectivity index (χ3v) is 6.13. The zero-order valence-electron chi connectivity index (χ0n) is 14.8. The molecule has 2 N–H and O–H groups in total. The maximum Gasteiger partial charge on any atom is 0.336 e. The van der Waals surface area contributed by atoms with Gasteiger partial charge in [-0.1, -0.05) is 30.3 Å². The van der Waals surface area contributed by atoms with E-state index in [0.29, 0.717) is 24.5 Å². The summed E-state index contributed by atoms with van der Waals surface area (Å²) in [5.41, 5.74) is 1.24. The topological polar surface area (TPSA) is 71.7 Å². The number of aliphatic hydroxyl groups excluding tert-OH is 1. The summed E-state index contributed by atoms with van der Waals surface area (Å²) >= 11 is 0. The van der Waals surface area contributed by atoms with Gasteiger partial charge in [-0.05, 0) is 23.8 Å². The number of nitrogens with one attached hydrogen (secondary N) is 1. The molecule has 138 valence electrons. The van der Waals surface area contributed by atoms with Crippen molar-refractivity contribution in [3.05, 3.63) is 76.6 Å². The fourth-order valence-electron chi connectivity index (χ4n) is 4.74. The van der Waals surface area contributed by atoms with Gasteiger partial charge in [0, 0.05) is 47.9 Å². The zero-order chi connectivity index (χ0) is 18.4. The normalized spacial score (nSPS) is 29.3. The second kappa shape index (κ2) is 6.22. The van der Waals surface area contributed by atoms with Crippen LogP contribution < -0.4 is 15.7 Å². The monoisotopic (exact) mass is 363 g/mol. The van der Waals surface area contributed by atoms with Crippen LogP contribution in [0.2, 0.25) is 0 Å². The van der Waals surface area contributed by atoms with Crippen molar-refractivity contribution in [1.29, 1.82) is 0 Å². The fourth-order valence-corrected chi connectivity index (χ4v) is 4.74. The lowest BCUT2D eigenvalue weighted by Gasteiger charge is -2.14. The maximum absolute atomic E-state index is 11.4. The van der Waals surface area contributed by atoms with Gasteiger partial charge in [-0.25, -0.2) is 4.79 Å². The van der Waals surface area contributed by atoms with Gasteiger partial charge >= 0.3 is 5.63 Å². The van der Waals surface area contributed by atoms with Gasteiger partial charge in [-0.3, -0.25) is 0 Å². The minimum atomic E-state index is -0.370. The van der Waals surface area contributed by atoms with Crippen LogP contribution in [-0.4, -0.2) is 30.9 Å². The van der Waals surface area contributed by atoms with Crippen molar-refractivity contribution in [2.45, 2.75) is 12.0 Å². The van der Waals surface area contributed by atoms with Crippen LogP contribution in [0.1, 0.15) is 11.5 Å². The zero-order valence-corrected chi connectivity index (χ0v) is 14.8. The third kappa shape index (κ3) is 2.66. The van der Waals surface area contributed by atoms with E-state index in [1.54, 1.807) is 12.1 Å². The molecular formula is C22H21NO4. The molecule has 5 nitrogen and oxygen atoms in total. The molecule has 5 rings (SSSR count). The van der Waals surface area contributed by atoms with Crippen molar-refractivity contribution >= 4 is 11.0 Å². The van der Waals surface area contributed by atoms with Crippen molar-refractivity contribution in [2.75, 3.05) is 19.7 Å². The lowest BCUT2D eigenvalue weighted by molar-refractivity contribution is 0.115. The van der Waals surface area contributed by atoms with E-state index in [0.717, 1.165) is 11.9 Å². The Morgan fingerprint density at radius 1 is 1.15 bits per heavy atom. The molecule has 2 fully saturated rings. The molecule has 27 heavy (non-hydrogen) atoms. The highest BCUT2D eigenvalue weighted by Gasteiger charge is 2.70. The Labute approximate surface area is 156 Å². The molecule has 1 saturated heterocycles. The molecule has 2 heterocycles. The van der Waals surface area contributed by atoms with E-state index in [4.69, 9.17) is 9.15 Å². The molecular weight excluding hydrogens is 342 g/mol. The molecule has 1 aromatic heterocycles. The molecule has 0 bridgehead atoms. The molecule has 1 aliphatic heterocycles. The third-order valence-electron chi connectivity index (χ3n) is 6.13. The molecule has 2 aliphatic rings. The van der Waals surface area contributed by atoms with Gasteiger partial charge in [-0.15, -0.1) is 0 Å². The second-order valence-electron chi connectivity index (χ2n) is 7.52. The highest BCUT2D eigenvalue weighted by Crippen LogP contribution is 2.67. The van der Waals surface area contributed by atoms with Crippen molar-refractivity contribution in [2.24, 2.45) is 11.3 Å². The van der Waals surface area contributed by atoms with Crippen molar-refractivity contribution in [3.63, 3.8) is 0 Å². The first kappa shape index (κ1) is 16.5. The van der Waals surface area contributed by atoms with Crippen LogP contribution in [0.5, 0.6) is 5.75 Å².